The number of rotatable bonds is 8. The first-order valence-electron chi connectivity index (χ1n) is 5.31. The van der Waals surface area contributed by atoms with Crippen LogP contribution in [-0.4, -0.2) is 37.9 Å². The topological polar surface area (TPSA) is 73.3 Å². The summed E-state index contributed by atoms with van der Waals surface area (Å²) >= 11 is 0. The number of hydrogen-bond donors (Lipinski definition) is 3. The molecule has 0 bridgehead atoms. The molecule has 0 spiro atoms. The van der Waals surface area contributed by atoms with Gasteiger partial charge in [-0.25, -0.2) is 0 Å². The monoisotopic (exact) mass is 203 g/mol. The average Bonchev–Trinajstić information content (AvgIpc) is 2.10. The normalized spacial score (nSPS) is 14.4. The van der Waals surface area contributed by atoms with E-state index in [1.54, 1.807) is 0 Å². The Morgan fingerprint density at radius 1 is 1.36 bits per heavy atom. The van der Waals surface area contributed by atoms with Gasteiger partial charge in [0.1, 0.15) is 0 Å². The molecule has 0 heterocycles. The molecule has 1 atom stereocenters. The van der Waals surface area contributed by atoms with Gasteiger partial charge in [0.2, 0.25) is 0 Å². The molecule has 0 aromatic heterocycles. The molecule has 4 nitrogen and oxygen atoms in total. The molecule has 0 amide bonds. The third-order valence-corrected chi connectivity index (χ3v) is 2.41. The SMILES string of the molecule is CC(N)C(C)(C)OCCNCCCN. The highest BCUT2D eigenvalue weighted by Crippen LogP contribution is 2.11. The summed E-state index contributed by atoms with van der Waals surface area (Å²) in [4.78, 5) is 0. The van der Waals surface area contributed by atoms with Gasteiger partial charge in [-0.2, -0.15) is 0 Å². The van der Waals surface area contributed by atoms with Gasteiger partial charge in [0.05, 0.1) is 12.2 Å². The highest BCUT2D eigenvalue weighted by molar-refractivity contribution is 4.78. The van der Waals surface area contributed by atoms with E-state index in [-0.39, 0.29) is 11.6 Å². The second-order valence-electron chi connectivity index (χ2n) is 4.13. The molecule has 0 aromatic rings. The molecule has 4 heteroatoms. The lowest BCUT2D eigenvalue weighted by atomic mass is 10.0. The maximum atomic E-state index is 5.77. The fourth-order valence-electron chi connectivity index (χ4n) is 0.870. The fraction of sp³-hybridized carbons (Fsp3) is 1.00. The summed E-state index contributed by atoms with van der Waals surface area (Å²) in [7, 11) is 0. The van der Waals surface area contributed by atoms with Gasteiger partial charge in [0, 0.05) is 12.6 Å². The van der Waals surface area contributed by atoms with Crippen molar-refractivity contribution in [2.75, 3.05) is 26.2 Å². The zero-order chi connectivity index (χ0) is 11.0. The van der Waals surface area contributed by atoms with E-state index in [0.717, 1.165) is 26.1 Å². The van der Waals surface area contributed by atoms with Crippen molar-refractivity contribution >= 4 is 0 Å². The quantitative estimate of drug-likeness (QED) is 0.488. The Hall–Kier alpha value is -0.160. The van der Waals surface area contributed by atoms with Crippen LogP contribution in [0.5, 0.6) is 0 Å². The number of ether oxygens (including phenoxy) is 1. The van der Waals surface area contributed by atoms with E-state index in [4.69, 9.17) is 16.2 Å². The van der Waals surface area contributed by atoms with Crippen molar-refractivity contribution in [2.24, 2.45) is 11.5 Å². The minimum absolute atomic E-state index is 0.0477. The van der Waals surface area contributed by atoms with E-state index in [1.165, 1.54) is 0 Å². The molecule has 0 aliphatic heterocycles. The predicted octanol–water partition coefficient (Wildman–Crippen LogP) is 0.0672. The van der Waals surface area contributed by atoms with Crippen LogP contribution in [0.2, 0.25) is 0 Å². The Morgan fingerprint density at radius 3 is 2.50 bits per heavy atom. The third-order valence-electron chi connectivity index (χ3n) is 2.41. The maximum Gasteiger partial charge on any atom is 0.0774 e. The van der Waals surface area contributed by atoms with Crippen LogP contribution in [0.3, 0.4) is 0 Å². The number of nitrogens with one attached hydrogen (secondary N) is 1. The Balaban J connectivity index is 3.35. The van der Waals surface area contributed by atoms with Gasteiger partial charge in [0.25, 0.3) is 0 Å². The lowest BCUT2D eigenvalue weighted by Crippen LogP contribution is -2.44. The Morgan fingerprint density at radius 2 is 2.00 bits per heavy atom. The summed E-state index contributed by atoms with van der Waals surface area (Å²) in [6.07, 6.45) is 1.01. The number of nitrogens with two attached hydrogens (primary N) is 2. The van der Waals surface area contributed by atoms with Crippen molar-refractivity contribution in [3.05, 3.63) is 0 Å². The molecule has 1 unspecified atom stereocenters. The van der Waals surface area contributed by atoms with Gasteiger partial charge in [-0.1, -0.05) is 0 Å². The minimum atomic E-state index is -0.241. The van der Waals surface area contributed by atoms with E-state index in [0.29, 0.717) is 6.61 Å². The van der Waals surface area contributed by atoms with Crippen LogP contribution in [0, 0.1) is 0 Å². The van der Waals surface area contributed by atoms with Crippen LogP contribution in [-0.2, 0) is 4.74 Å². The summed E-state index contributed by atoms with van der Waals surface area (Å²) in [6.45, 7) is 9.23. The highest BCUT2D eigenvalue weighted by atomic mass is 16.5. The van der Waals surface area contributed by atoms with Crippen LogP contribution in [0.25, 0.3) is 0 Å². The number of hydrogen-bond acceptors (Lipinski definition) is 4. The molecular formula is C10H25N3O. The lowest BCUT2D eigenvalue weighted by Gasteiger charge is -2.29. The molecule has 0 aromatic carbocycles. The first-order valence-corrected chi connectivity index (χ1v) is 5.31. The Bertz CT molecular complexity index is 137. The van der Waals surface area contributed by atoms with Crippen molar-refractivity contribution in [1.82, 2.24) is 5.32 Å². The lowest BCUT2D eigenvalue weighted by molar-refractivity contribution is -0.0298. The van der Waals surface area contributed by atoms with Crippen LogP contribution in [0.1, 0.15) is 27.2 Å². The van der Waals surface area contributed by atoms with Gasteiger partial charge in [-0.15, -0.1) is 0 Å². The van der Waals surface area contributed by atoms with E-state index >= 15 is 0 Å². The molecule has 0 rings (SSSR count). The Labute approximate surface area is 87.4 Å². The van der Waals surface area contributed by atoms with E-state index < -0.39 is 0 Å². The standard InChI is InChI=1S/C10H25N3O/c1-9(12)10(2,3)14-8-7-13-6-4-5-11/h9,13H,4-8,11-12H2,1-3H3. The summed E-state index contributed by atoms with van der Waals surface area (Å²) < 4.78 is 5.65. The summed E-state index contributed by atoms with van der Waals surface area (Å²) in [5.74, 6) is 0. The van der Waals surface area contributed by atoms with Crippen molar-refractivity contribution in [1.29, 1.82) is 0 Å². The predicted molar refractivity (Wildman–Crippen MR) is 60.2 cm³/mol. The third kappa shape index (κ3) is 6.32. The largest absolute Gasteiger partial charge is 0.373 e. The van der Waals surface area contributed by atoms with Gasteiger partial charge >= 0.3 is 0 Å². The van der Waals surface area contributed by atoms with Crippen LogP contribution in [0.4, 0.5) is 0 Å². The van der Waals surface area contributed by atoms with E-state index in [9.17, 15) is 0 Å². The molecule has 0 aliphatic rings. The first-order chi connectivity index (χ1) is 6.50. The smallest absolute Gasteiger partial charge is 0.0774 e. The second kappa shape index (κ2) is 7.17. The Kier molecular flexibility index (Phi) is 7.09. The first kappa shape index (κ1) is 13.8. The van der Waals surface area contributed by atoms with Crippen molar-refractivity contribution in [3.63, 3.8) is 0 Å². The van der Waals surface area contributed by atoms with E-state index in [2.05, 4.69) is 5.32 Å². The molecule has 5 N–H and O–H groups in total. The van der Waals surface area contributed by atoms with Gasteiger partial charge in [-0.3, -0.25) is 0 Å². The molecule has 0 saturated carbocycles. The zero-order valence-corrected chi connectivity index (χ0v) is 9.68. The molecule has 86 valence electrons. The van der Waals surface area contributed by atoms with E-state index in [1.807, 2.05) is 20.8 Å². The van der Waals surface area contributed by atoms with Gasteiger partial charge < -0.3 is 21.5 Å². The van der Waals surface area contributed by atoms with Crippen molar-refractivity contribution in [2.45, 2.75) is 38.8 Å². The van der Waals surface area contributed by atoms with Crippen LogP contribution in [0.15, 0.2) is 0 Å². The molecular weight excluding hydrogens is 178 g/mol. The highest BCUT2D eigenvalue weighted by Gasteiger charge is 2.22. The zero-order valence-electron chi connectivity index (χ0n) is 9.68. The molecule has 0 fully saturated rings. The summed E-state index contributed by atoms with van der Waals surface area (Å²) in [5, 5.41) is 3.25. The minimum Gasteiger partial charge on any atom is -0.373 e. The van der Waals surface area contributed by atoms with Crippen LogP contribution < -0.4 is 16.8 Å². The summed E-state index contributed by atoms with van der Waals surface area (Å²) in [6, 6.07) is 0.0477. The fourth-order valence-corrected chi connectivity index (χ4v) is 0.870. The van der Waals surface area contributed by atoms with Gasteiger partial charge in [0.15, 0.2) is 0 Å². The molecule has 0 radical (unpaired) electrons. The molecule has 0 aliphatic carbocycles. The van der Waals surface area contributed by atoms with Crippen LogP contribution >= 0.6 is 0 Å². The second-order valence-corrected chi connectivity index (χ2v) is 4.13. The van der Waals surface area contributed by atoms with Gasteiger partial charge in [-0.05, 0) is 40.3 Å². The average molecular weight is 203 g/mol. The van der Waals surface area contributed by atoms with Crippen molar-refractivity contribution < 1.29 is 4.74 Å². The van der Waals surface area contributed by atoms with Crippen molar-refractivity contribution in [3.8, 4) is 0 Å². The molecule has 0 saturated heterocycles. The maximum absolute atomic E-state index is 5.77. The molecule has 14 heavy (non-hydrogen) atoms. The summed E-state index contributed by atoms with van der Waals surface area (Å²) in [5.41, 5.74) is 10.9.